The zero-order valence-corrected chi connectivity index (χ0v) is 13.9. The van der Waals surface area contributed by atoms with Crippen molar-refractivity contribution in [2.75, 3.05) is 45.9 Å². The SMILES string of the molecule is CCOC(=O)N1CCC(NC(=O)N2CCN(C(C)=O)CC2)CC1. The molecule has 0 bridgehead atoms. The smallest absolute Gasteiger partial charge is 0.409 e. The molecule has 2 rings (SSSR count). The highest BCUT2D eigenvalue weighted by Gasteiger charge is 2.27. The molecule has 2 aliphatic heterocycles. The molecule has 0 aromatic heterocycles. The molecular formula is C15H26N4O4. The number of amides is 4. The van der Waals surface area contributed by atoms with E-state index in [1.165, 1.54) is 0 Å². The molecule has 4 amide bonds. The minimum Gasteiger partial charge on any atom is -0.450 e. The van der Waals surface area contributed by atoms with Crippen LogP contribution in [0, 0.1) is 0 Å². The van der Waals surface area contributed by atoms with Crippen LogP contribution in [0.25, 0.3) is 0 Å². The summed E-state index contributed by atoms with van der Waals surface area (Å²) in [6.07, 6.45) is 1.19. The summed E-state index contributed by atoms with van der Waals surface area (Å²) in [5, 5.41) is 3.03. The van der Waals surface area contributed by atoms with Gasteiger partial charge in [-0.25, -0.2) is 9.59 Å². The van der Waals surface area contributed by atoms with E-state index in [1.54, 1.807) is 28.5 Å². The highest BCUT2D eigenvalue weighted by molar-refractivity contribution is 5.76. The number of rotatable bonds is 2. The third-order valence-corrected chi connectivity index (χ3v) is 4.36. The van der Waals surface area contributed by atoms with E-state index < -0.39 is 0 Å². The maximum absolute atomic E-state index is 12.3. The highest BCUT2D eigenvalue weighted by atomic mass is 16.6. The van der Waals surface area contributed by atoms with E-state index >= 15 is 0 Å². The summed E-state index contributed by atoms with van der Waals surface area (Å²) in [5.74, 6) is 0.0522. The lowest BCUT2D eigenvalue weighted by Crippen LogP contribution is -2.55. The number of hydrogen-bond donors (Lipinski definition) is 1. The van der Waals surface area contributed by atoms with Crippen molar-refractivity contribution in [3.05, 3.63) is 0 Å². The average Bonchev–Trinajstić information content (AvgIpc) is 2.55. The van der Waals surface area contributed by atoms with Crippen LogP contribution < -0.4 is 5.32 Å². The predicted molar refractivity (Wildman–Crippen MR) is 84.0 cm³/mol. The van der Waals surface area contributed by atoms with E-state index in [-0.39, 0.29) is 24.1 Å². The normalized spacial score (nSPS) is 19.5. The van der Waals surface area contributed by atoms with Gasteiger partial charge in [0.25, 0.3) is 0 Å². The Morgan fingerprint density at radius 1 is 0.957 bits per heavy atom. The molecule has 0 unspecified atom stereocenters. The second kappa shape index (κ2) is 8.03. The zero-order valence-electron chi connectivity index (χ0n) is 13.9. The summed E-state index contributed by atoms with van der Waals surface area (Å²) in [6, 6.07) is 0.00167. The van der Waals surface area contributed by atoms with Gasteiger partial charge in [-0.05, 0) is 19.8 Å². The Morgan fingerprint density at radius 3 is 2.04 bits per heavy atom. The maximum Gasteiger partial charge on any atom is 0.409 e. The Balaban J connectivity index is 1.71. The minimum atomic E-state index is -0.280. The second-order valence-corrected chi connectivity index (χ2v) is 5.90. The molecule has 8 nitrogen and oxygen atoms in total. The van der Waals surface area contributed by atoms with Crippen LogP contribution in [0.15, 0.2) is 0 Å². The first kappa shape index (κ1) is 17.4. The Hall–Kier alpha value is -1.99. The van der Waals surface area contributed by atoms with Crippen LogP contribution >= 0.6 is 0 Å². The van der Waals surface area contributed by atoms with Crippen molar-refractivity contribution in [1.29, 1.82) is 0 Å². The van der Waals surface area contributed by atoms with Gasteiger partial charge in [0.15, 0.2) is 0 Å². The molecule has 2 fully saturated rings. The Bertz CT molecular complexity index is 441. The first-order chi connectivity index (χ1) is 11.0. The van der Waals surface area contributed by atoms with Crippen molar-refractivity contribution in [2.24, 2.45) is 0 Å². The lowest BCUT2D eigenvalue weighted by molar-refractivity contribution is -0.130. The van der Waals surface area contributed by atoms with Crippen molar-refractivity contribution in [1.82, 2.24) is 20.0 Å². The molecule has 0 saturated carbocycles. The van der Waals surface area contributed by atoms with Crippen LogP contribution in [-0.4, -0.2) is 84.6 Å². The number of nitrogens with one attached hydrogen (secondary N) is 1. The number of carbonyl (C=O) groups is 3. The lowest BCUT2D eigenvalue weighted by atomic mass is 10.1. The van der Waals surface area contributed by atoms with Gasteiger partial charge in [0.2, 0.25) is 5.91 Å². The molecule has 130 valence electrons. The van der Waals surface area contributed by atoms with Gasteiger partial charge < -0.3 is 24.8 Å². The Kier molecular flexibility index (Phi) is 6.06. The van der Waals surface area contributed by atoms with E-state index in [0.29, 0.717) is 45.9 Å². The van der Waals surface area contributed by atoms with Crippen molar-refractivity contribution < 1.29 is 19.1 Å². The first-order valence-electron chi connectivity index (χ1n) is 8.24. The molecule has 0 atom stereocenters. The van der Waals surface area contributed by atoms with Crippen molar-refractivity contribution in [2.45, 2.75) is 32.7 Å². The number of nitrogens with zero attached hydrogens (tertiary/aromatic N) is 3. The molecule has 0 radical (unpaired) electrons. The monoisotopic (exact) mass is 326 g/mol. The molecule has 0 aliphatic carbocycles. The van der Waals surface area contributed by atoms with Crippen LogP contribution in [0.3, 0.4) is 0 Å². The van der Waals surface area contributed by atoms with Crippen LogP contribution in [0.1, 0.15) is 26.7 Å². The third-order valence-electron chi connectivity index (χ3n) is 4.36. The van der Waals surface area contributed by atoms with E-state index in [2.05, 4.69) is 5.32 Å². The topological polar surface area (TPSA) is 82.2 Å². The number of piperazine rings is 1. The fraction of sp³-hybridized carbons (Fsp3) is 0.800. The molecule has 2 aliphatic rings. The number of hydrogen-bond acceptors (Lipinski definition) is 4. The van der Waals surface area contributed by atoms with Gasteiger partial charge in [-0.2, -0.15) is 0 Å². The molecule has 0 aromatic rings. The van der Waals surface area contributed by atoms with Crippen LogP contribution in [0.5, 0.6) is 0 Å². The highest BCUT2D eigenvalue weighted by Crippen LogP contribution is 2.12. The first-order valence-corrected chi connectivity index (χ1v) is 8.24. The number of piperidine rings is 1. The van der Waals surface area contributed by atoms with Gasteiger partial charge in [0, 0.05) is 52.2 Å². The van der Waals surface area contributed by atoms with Gasteiger partial charge in [-0.3, -0.25) is 4.79 Å². The summed E-state index contributed by atoms with van der Waals surface area (Å²) in [4.78, 5) is 40.4. The predicted octanol–water partition coefficient (Wildman–Crippen LogP) is 0.481. The molecular weight excluding hydrogens is 300 g/mol. The average molecular weight is 326 g/mol. The Labute approximate surface area is 136 Å². The van der Waals surface area contributed by atoms with Crippen molar-refractivity contribution >= 4 is 18.0 Å². The van der Waals surface area contributed by atoms with Gasteiger partial charge in [0.05, 0.1) is 6.61 Å². The quantitative estimate of drug-likeness (QED) is 0.800. The molecule has 2 heterocycles. The number of likely N-dealkylation sites (tertiary alicyclic amines) is 1. The van der Waals surface area contributed by atoms with Gasteiger partial charge in [-0.15, -0.1) is 0 Å². The molecule has 2 saturated heterocycles. The summed E-state index contributed by atoms with van der Waals surface area (Å²) >= 11 is 0. The standard InChI is InChI=1S/C15H26N4O4/c1-3-23-15(22)19-6-4-13(5-7-19)16-14(21)18-10-8-17(9-11-18)12(2)20/h13H,3-11H2,1-2H3,(H,16,21). The summed E-state index contributed by atoms with van der Waals surface area (Å²) < 4.78 is 4.98. The molecule has 23 heavy (non-hydrogen) atoms. The second-order valence-electron chi connectivity index (χ2n) is 5.90. The fourth-order valence-corrected chi connectivity index (χ4v) is 2.91. The molecule has 0 aromatic carbocycles. The van der Waals surface area contributed by atoms with Crippen molar-refractivity contribution in [3.63, 3.8) is 0 Å². The lowest BCUT2D eigenvalue weighted by Gasteiger charge is -2.36. The number of carbonyl (C=O) groups excluding carboxylic acids is 3. The summed E-state index contributed by atoms with van der Waals surface area (Å²) in [6.45, 7) is 7.21. The van der Waals surface area contributed by atoms with E-state index in [9.17, 15) is 14.4 Å². The molecule has 1 N–H and O–H groups in total. The largest absolute Gasteiger partial charge is 0.450 e. The zero-order chi connectivity index (χ0) is 16.8. The maximum atomic E-state index is 12.3. The van der Waals surface area contributed by atoms with Gasteiger partial charge in [0.1, 0.15) is 0 Å². The summed E-state index contributed by atoms with van der Waals surface area (Å²) in [5.41, 5.74) is 0. The fourth-order valence-electron chi connectivity index (χ4n) is 2.91. The number of urea groups is 1. The number of ether oxygens (including phenoxy) is 1. The summed E-state index contributed by atoms with van der Waals surface area (Å²) in [7, 11) is 0. The van der Waals surface area contributed by atoms with E-state index in [0.717, 1.165) is 12.8 Å². The van der Waals surface area contributed by atoms with Crippen LogP contribution in [0.4, 0.5) is 9.59 Å². The van der Waals surface area contributed by atoms with Crippen LogP contribution in [0.2, 0.25) is 0 Å². The van der Waals surface area contributed by atoms with Gasteiger partial charge in [-0.1, -0.05) is 0 Å². The Morgan fingerprint density at radius 2 is 1.52 bits per heavy atom. The van der Waals surface area contributed by atoms with Crippen molar-refractivity contribution in [3.8, 4) is 0 Å². The van der Waals surface area contributed by atoms with E-state index in [4.69, 9.17) is 4.74 Å². The van der Waals surface area contributed by atoms with Gasteiger partial charge >= 0.3 is 12.1 Å². The molecule has 8 heteroatoms. The van der Waals surface area contributed by atoms with E-state index in [1.807, 2.05) is 0 Å². The molecule has 0 spiro atoms. The third kappa shape index (κ3) is 4.74. The minimum absolute atomic E-state index is 0.0522. The van der Waals surface area contributed by atoms with Crippen LogP contribution in [-0.2, 0) is 9.53 Å².